The molecule has 36 heavy (non-hydrogen) atoms. The number of fused-ring (bicyclic) bond motifs is 2. The summed E-state index contributed by atoms with van der Waals surface area (Å²) >= 11 is 0. The van der Waals surface area contributed by atoms with Gasteiger partial charge in [0.15, 0.2) is 5.82 Å². The highest BCUT2D eigenvalue weighted by Crippen LogP contribution is 2.31. The Balaban J connectivity index is 1.25. The number of aromatic nitrogens is 6. The fourth-order valence-corrected chi connectivity index (χ4v) is 4.49. The van der Waals surface area contributed by atoms with E-state index < -0.39 is 0 Å². The van der Waals surface area contributed by atoms with E-state index in [0.29, 0.717) is 28.8 Å². The van der Waals surface area contributed by atoms with Crippen LogP contribution in [0.4, 0.5) is 17.5 Å². The first-order valence-electron chi connectivity index (χ1n) is 12.0. The van der Waals surface area contributed by atoms with Crippen LogP contribution < -0.4 is 20.3 Å². The van der Waals surface area contributed by atoms with Gasteiger partial charge in [-0.25, -0.2) is 24.9 Å². The summed E-state index contributed by atoms with van der Waals surface area (Å²) in [6.45, 7) is 6.80. The molecule has 2 N–H and O–H groups in total. The molecule has 0 bridgehead atoms. The summed E-state index contributed by atoms with van der Waals surface area (Å²) in [6.07, 6.45) is 5.09. The molecule has 1 aliphatic rings. The van der Waals surface area contributed by atoms with Crippen molar-refractivity contribution in [2.45, 2.75) is 19.9 Å². The molecule has 0 aliphatic carbocycles. The average Bonchev–Trinajstić information content (AvgIpc) is 3.25. The van der Waals surface area contributed by atoms with Crippen molar-refractivity contribution < 1.29 is 4.74 Å². The van der Waals surface area contributed by atoms with E-state index in [1.165, 1.54) is 6.33 Å². The van der Waals surface area contributed by atoms with E-state index in [2.05, 4.69) is 42.4 Å². The minimum Gasteiger partial charge on any atom is -0.457 e. The SMILES string of the molecule is Cc1cc(Nc2ncnc3cnc(N4CCN[C@H](C)C4)nc23)ccc1Oc1ccc2c(c1)ncn2C. The Morgan fingerprint density at radius 1 is 1.06 bits per heavy atom. The highest BCUT2D eigenvalue weighted by Gasteiger charge is 2.19. The summed E-state index contributed by atoms with van der Waals surface area (Å²) in [6, 6.07) is 12.3. The maximum atomic E-state index is 6.16. The van der Waals surface area contributed by atoms with Gasteiger partial charge in [0.05, 0.1) is 23.6 Å². The molecule has 0 unspecified atom stereocenters. The molecule has 5 aromatic rings. The zero-order valence-corrected chi connectivity index (χ0v) is 20.4. The van der Waals surface area contributed by atoms with Gasteiger partial charge in [-0.3, -0.25) is 0 Å². The third-order valence-corrected chi connectivity index (χ3v) is 6.38. The summed E-state index contributed by atoms with van der Waals surface area (Å²) in [5.74, 6) is 2.86. The van der Waals surface area contributed by atoms with E-state index >= 15 is 0 Å². The Morgan fingerprint density at radius 3 is 2.83 bits per heavy atom. The standard InChI is InChI=1S/C26H27N9O/c1-16-10-18(4-7-23(16)36-19-5-6-22-20(11-19)31-15-34(22)3)32-25-24-21(29-14-30-25)12-28-26(33-24)35-9-8-27-17(2)13-35/h4-7,10-12,14-15,17,27H,8-9,13H2,1-3H3,(H,29,30,32)/t17-/m1/s1. The van der Waals surface area contributed by atoms with Crippen molar-refractivity contribution in [1.82, 2.24) is 34.8 Å². The van der Waals surface area contributed by atoms with Gasteiger partial charge in [0.1, 0.15) is 28.9 Å². The van der Waals surface area contributed by atoms with Crippen LogP contribution >= 0.6 is 0 Å². The lowest BCUT2D eigenvalue weighted by atomic mass is 10.2. The quantitative estimate of drug-likeness (QED) is 0.386. The average molecular weight is 482 g/mol. The van der Waals surface area contributed by atoms with Gasteiger partial charge in [0, 0.05) is 44.5 Å². The van der Waals surface area contributed by atoms with Crippen LogP contribution in [0.1, 0.15) is 12.5 Å². The Labute approximate surface area is 208 Å². The molecule has 0 spiro atoms. The molecule has 3 aromatic heterocycles. The molecule has 2 aromatic carbocycles. The van der Waals surface area contributed by atoms with Crippen LogP contribution in [0, 0.1) is 6.92 Å². The van der Waals surface area contributed by atoms with Gasteiger partial charge in [-0.1, -0.05) is 0 Å². The maximum absolute atomic E-state index is 6.16. The second kappa shape index (κ2) is 9.04. The summed E-state index contributed by atoms with van der Waals surface area (Å²) in [5, 5.41) is 6.85. The number of nitrogens with one attached hydrogen (secondary N) is 2. The van der Waals surface area contributed by atoms with E-state index in [1.807, 2.05) is 54.9 Å². The largest absolute Gasteiger partial charge is 0.457 e. The highest BCUT2D eigenvalue weighted by molar-refractivity contribution is 5.87. The molecule has 10 nitrogen and oxygen atoms in total. The minimum atomic E-state index is 0.386. The second-order valence-corrected chi connectivity index (χ2v) is 9.14. The van der Waals surface area contributed by atoms with Gasteiger partial charge in [-0.2, -0.15) is 0 Å². The van der Waals surface area contributed by atoms with Crippen molar-refractivity contribution in [1.29, 1.82) is 0 Å². The molecule has 1 fully saturated rings. The molecule has 0 amide bonds. The predicted octanol–water partition coefficient (Wildman–Crippen LogP) is 3.95. The molecular formula is C26H27N9O. The lowest BCUT2D eigenvalue weighted by Gasteiger charge is -2.31. The fourth-order valence-electron chi connectivity index (χ4n) is 4.49. The first-order valence-corrected chi connectivity index (χ1v) is 12.0. The number of anilines is 3. The van der Waals surface area contributed by atoms with E-state index in [4.69, 9.17) is 9.72 Å². The normalized spacial score (nSPS) is 16.0. The number of hydrogen-bond acceptors (Lipinski definition) is 9. The molecule has 0 radical (unpaired) electrons. The van der Waals surface area contributed by atoms with Crippen LogP contribution in [0.25, 0.3) is 22.1 Å². The Morgan fingerprint density at radius 2 is 1.97 bits per heavy atom. The maximum Gasteiger partial charge on any atom is 0.226 e. The van der Waals surface area contributed by atoms with Gasteiger partial charge in [-0.05, 0) is 49.7 Å². The van der Waals surface area contributed by atoms with E-state index in [1.54, 1.807) is 12.5 Å². The molecule has 1 atom stereocenters. The highest BCUT2D eigenvalue weighted by atomic mass is 16.5. The van der Waals surface area contributed by atoms with Crippen LogP contribution in [0.2, 0.25) is 0 Å². The lowest BCUT2D eigenvalue weighted by molar-refractivity contribution is 0.479. The number of piperazine rings is 1. The van der Waals surface area contributed by atoms with Crippen molar-refractivity contribution in [3.63, 3.8) is 0 Å². The van der Waals surface area contributed by atoms with Crippen LogP contribution in [0.3, 0.4) is 0 Å². The van der Waals surface area contributed by atoms with Crippen molar-refractivity contribution in [3.05, 3.63) is 60.8 Å². The fraction of sp³-hybridized carbons (Fsp3) is 0.269. The molecule has 0 saturated carbocycles. The molecule has 10 heteroatoms. The third-order valence-electron chi connectivity index (χ3n) is 6.38. The molecule has 4 heterocycles. The summed E-state index contributed by atoms with van der Waals surface area (Å²) in [5.41, 5.74) is 5.23. The van der Waals surface area contributed by atoms with Gasteiger partial charge in [0.25, 0.3) is 0 Å². The van der Waals surface area contributed by atoms with Crippen LogP contribution in [-0.4, -0.2) is 55.2 Å². The molecule has 182 valence electrons. The van der Waals surface area contributed by atoms with Crippen molar-refractivity contribution >= 4 is 39.5 Å². The van der Waals surface area contributed by atoms with Crippen molar-refractivity contribution in [3.8, 4) is 11.5 Å². The topological polar surface area (TPSA) is 106 Å². The van der Waals surface area contributed by atoms with E-state index in [-0.39, 0.29) is 0 Å². The summed E-state index contributed by atoms with van der Waals surface area (Å²) in [4.78, 5) is 24.8. The first-order chi connectivity index (χ1) is 17.5. The zero-order valence-electron chi connectivity index (χ0n) is 20.4. The van der Waals surface area contributed by atoms with Gasteiger partial charge in [0.2, 0.25) is 5.95 Å². The Kier molecular flexibility index (Phi) is 5.57. The molecular weight excluding hydrogens is 454 g/mol. The van der Waals surface area contributed by atoms with Crippen LogP contribution in [0.15, 0.2) is 55.2 Å². The number of benzene rings is 2. The minimum absolute atomic E-state index is 0.386. The van der Waals surface area contributed by atoms with Crippen LogP contribution in [-0.2, 0) is 7.05 Å². The van der Waals surface area contributed by atoms with Gasteiger partial charge in [-0.15, -0.1) is 0 Å². The number of ether oxygens (including phenoxy) is 1. The third kappa shape index (κ3) is 4.27. The van der Waals surface area contributed by atoms with E-state index in [0.717, 1.165) is 53.4 Å². The first kappa shape index (κ1) is 22.2. The van der Waals surface area contributed by atoms with Gasteiger partial charge < -0.3 is 24.8 Å². The number of rotatable bonds is 5. The number of aryl methyl sites for hydroxylation is 2. The van der Waals surface area contributed by atoms with Crippen molar-refractivity contribution in [2.75, 3.05) is 29.9 Å². The molecule has 1 saturated heterocycles. The van der Waals surface area contributed by atoms with E-state index in [9.17, 15) is 0 Å². The number of imidazole rings is 1. The zero-order chi connectivity index (χ0) is 24.6. The number of nitrogens with zero attached hydrogens (tertiary/aromatic N) is 7. The van der Waals surface area contributed by atoms with Crippen LogP contribution in [0.5, 0.6) is 11.5 Å². The van der Waals surface area contributed by atoms with Crippen molar-refractivity contribution in [2.24, 2.45) is 7.05 Å². The van der Waals surface area contributed by atoms with Gasteiger partial charge >= 0.3 is 0 Å². The monoisotopic (exact) mass is 481 g/mol. The lowest BCUT2D eigenvalue weighted by Crippen LogP contribution is -2.49. The molecule has 1 aliphatic heterocycles. The smallest absolute Gasteiger partial charge is 0.226 e. The predicted molar refractivity (Wildman–Crippen MR) is 140 cm³/mol. The Bertz CT molecular complexity index is 1560. The molecule has 6 rings (SSSR count). The summed E-state index contributed by atoms with van der Waals surface area (Å²) < 4.78 is 8.15. The second-order valence-electron chi connectivity index (χ2n) is 9.14. The summed E-state index contributed by atoms with van der Waals surface area (Å²) in [7, 11) is 1.98. The Hall–Kier alpha value is -4.31. The number of hydrogen-bond donors (Lipinski definition) is 2.